The summed E-state index contributed by atoms with van der Waals surface area (Å²) < 4.78 is 5.63. The Balaban J connectivity index is 1.79. The number of rotatable bonds is 11. The Bertz CT molecular complexity index is 621. The van der Waals surface area contributed by atoms with E-state index in [2.05, 4.69) is 32.0 Å². The Kier molecular flexibility index (Phi) is 9.55. The fraction of sp³-hybridized carbons (Fsp3) is 0.680. The van der Waals surface area contributed by atoms with Crippen molar-refractivity contribution in [3.05, 3.63) is 29.8 Å². The summed E-state index contributed by atoms with van der Waals surface area (Å²) in [6.07, 6.45) is 13.7. The molecule has 0 atom stereocenters. The van der Waals surface area contributed by atoms with Crippen molar-refractivity contribution in [2.75, 3.05) is 0 Å². The predicted molar refractivity (Wildman–Crippen MR) is 114 cm³/mol. The zero-order valence-electron chi connectivity index (χ0n) is 17.8. The summed E-state index contributed by atoms with van der Waals surface area (Å²) in [5, 5.41) is 9.70. The highest BCUT2D eigenvalue weighted by atomic mass is 16.5. The van der Waals surface area contributed by atoms with Crippen molar-refractivity contribution in [2.24, 2.45) is 11.3 Å². The number of hydrogen-bond donors (Lipinski definition) is 0. The monoisotopic (exact) mass is 383 g/mol. The molecule has 0 N–H and O–H groups in total. The van der Waals surface area contributed by atoms with Crippen LogP contribution in [0.4, 0.5) is 0 Å². The molecule has 28 heavy (non-hydrogen) atoms. The molecule has 0 aliphatic heterocycles. The lowest BCUT2D eigenvalue weighted by Crippen LogP contribution is -2.31. The Morgan fingerprint density at radius 1 is 1.04 bits per heavy atom. The number of nitriles is 1. The van der Waals surface area contributed by atoms with Gasteiger partial charge in [0.05, 0.1) is 17.4 Å². The van der Waals surface area contributed by atoms with Crippen LogP contribution < -0.4 is 4.74 Å². The molecule has 0 amide bonds. The number of unbranched alkanes of at least 4 members (excludes halogenated alkanes) is 5. The molecule has 154 valence electrons. The van der Waals surface area contributed by atoms with Gasteiger partial charge in [0.2, 0.25) is 0 Å². The topological polar surface area (TPSA) is 50.1 Å². The van der Waals surface area contributed by atoms with Crippen LogP contribution >= 0.6 is 0 Å². The molecule has 2 rings (SSSR count). The fourth-order valence-corrected chi connectivity index (χ4v) is 4.22. The molecule has 1 fully saturated rings. The van der Waals surface area contributed by atoms with Crippen molar-refractivity contribution >= 4 is 5.97 Å². The highest BCUT2D eigenvalue weighted by molar-refractivity contribution is 5.75. The van der Waals surface area contributed by atoms with Gasteiger partial charge in [0, 0.05) is 0 Å². The summed E-state index contributed by atoms with van der Waals surface area (Å²) in [6.45, 7) is 4.41. The lowest BCUT2D eigenvalue weighted by atomic mass is 9.69. The third-order valence-corrected chi connectivity index (χ3v) is 6.23. The second-order valence-corrected chi connectivity index (χ2v) is 8.50. The molecule has 0 heterocycles. The molecule has 0 radical (unpaired) electrons. The van der Waals surface area contributed by atoms with E-state index in [4.69, 9.17) is 4.74 Å². The van der Waals surface area contributed by atoms with Crippen molar-refractivity contribution in [1.29, 1.82) is 5.26 Å². The molecule has 0 unspecified atom stereocenters. The van der Waals surface area contributed by atoms with Gasteiger partial charge in [-0.15, -0.1) is 0 Å². The van der Waals surface area contributed by atoms with Crippen LogP contribution in [0.1, 0.15) is 96.5 Å². The summed E-state index contributed by atoms with van der Waals surface area (Å²) >= 11 is 0. The summed E-state index contributed by atoms with van der Waals surface area (Å²) in [5.74, 6) is 0.443. The van der Waals surface area contributed by atoms with E-state index in [-0.39, 0.29) is 17.3 Å². The van der Waals surface area contributed by atoms with E-state index < -0.39 is 0 Å². The van der Waals surface area contributed by atoms with Crippen LogP contribution in [0.3, 0.4) is 0 Å². The number of carbonyl (C=O) groups excluding carboxylic acids is 1. The molecule has 0 spiro atoms. The quantitative estimate of drug-likeness (QED) is 0.235. The van der Waals surface area contributed by atoms with Crippen LogP contribution in [0.15, 0.2) is 24.3 Å². The van der Waals surface area contributed by atoms with E-state index in [1.54, 1.807) is 0 Å². The number of benzene rings is 1. The van der Waals surface area contributed by atoms with Crippen LogP contribution in [0.25, 0.3) is 0 Å². The van der Waals surface area contributed by atoms with E-state index >= 15 is 0 Å². The predicted octanol–water partition coefficient (Wildman–Crippen LogP) is 7.00. The summed E-state index contributed by atoms with van der Waals surface area (Å²) in [4.78, 5) is 12.6. The molecule has 1 aliphatic rings. The van der Waals surface area contributed by atoms with Crippen molar-refractivity contribution < 1.29 is 9.53 Å². The number of carbonyl (C=O) groups is 1. The number of nitrogens with zero attached hydrogens (tertiary/aromatic N) is 1. The summed E-state index contributed by atoms with van der Waals surface area (Å²) in [5.41, 5.74) is 1.08. The Labute approximate surface area is 171 Å². The van der Waals surface area contributed by atoms with Crippen LogP contribution in [-0.2, 0) is 11.2 Å². The largest absolute Gasteiger partial charge is 0.426 e. The Morgan fingerprint density at radius 2 is 1.68 bits per heavy atom. The first-order valence-corrected chi connectivity index (χ1v) is 11.3. The number of ether oxygens (including phenoxy) is 1. The molecular formula is C25H37NO2. The van der Waals surface area contributed by atoms with Gasteiger partial charge in [0.1, 0.15) is 5.75 Å². The third kappa shape index (κ3) is 6.97. The van der Waals surface area contributed by atoms with Crippen molar-refractivity contribution in [3.8, 4) is 11.8 Å². The van der Waals surface area contributed by atoms with E-state index in [9.17, 15) is 10.1 Å². The number of esters is 1. The van der Waals surface area contributed by atoms with E-state index in [1.807, 2.05) is 12.1 Å². The van der Waals surface area contributed by atoms with E-state index in [0.29, 0.717) is 5.75 Å². The molecule has 0 aromatic heterocycles. The van der Waals surface area contributed by atoms with Crippen LogP contribution in [0.2, 0.25) is 0 Å². The molecule has 1 aliphatic carbocycles. The average molecular weight is 384 g/mol. The van der Waals surface area contributed by atoms with Gasteiger partial charge in [-0.05, 0) is 62.6 Å². The summed E-state index contributed by atoms with van der Waals surface area (Å²) in [7, 11) is 0. The molecule has 3 nitrogen and oxygen atoms in total. The minimum atomic E-state index is -0.218. The zero-order chi connectivity index (χ0) is 20.2. The van der Waals surface area contributed by atoms with Gasteiger partial charge < -0.3 is 4.74 Å². The normalized spacial score (nSPS) is 21.8. The molecule has 1 aromatic rings. The highest BCUT2D eigenvalue weighted by Gasteiger charge is 2.37. The first-order valence-electron chi connectivity index (χ1n) is 11.3. The highest BCUT2D eigenvalue weighted by Crippen LogP contribution is 2.42. The van der Waals surface area contributed by atoms with Gasteiger partial charge in [-0.25, -0.2) is 0 Å². The first kappa shape index (κ1) is 22.5. The molecule has 3 heteroatoms. The first-order chi connectivity index (χ1) is 13.6. The zero-order valence-corrected chi connectivity index (χ0v) is 17.8. The smallest absolute Gasteiger partial charge is 0.314 e. The van der Waals surface area contributed by atoms with Crippen LogP contribution in [0, 0.1) is 22.7 Å². The van der Waals surface area contributed by atoms with Crippen LogP contribution in [0.5, 0.6) is 5.75 Å². The third-order valence-electron chi connectivity index (χ3n) is 6.23. The fourth-order valence-electron chi connectivity index (χ4n) is 4.22. The maximum Gasteiger partial charge on any atom is 0.314 e. The lowest BCUT2D eigenvalue weighted by molar-refractivity contribution is -0.140. The van der Waals surface area contributed by atoms with Crippen molar-refractivity contribution in [2.45, 2.75) is 97.3 Å². The number of hydrogen-bond acceptors (Lipinski definition) is 3. The van der Waals surface area contributed by atoms with Crippen molar-refractivity contribution in [3.63, 3.8) is 0 Å². The van der Waals surface area contributed by atoms with Gasteiger partial charge in [-0.1, -0.05) is 64.5 Å². The van der Waals surface area contributed by atoms with Crippen LogP contribution in [-0.4, -0.2) is 5.97 Å². The van der Waals surface area contributed by atoms with Gasteiger partial charge in [0.15, 0.2) is 0 Å². The van der Waals surface area contributed by atoms with E-state index in [0.717, 1.165) is 44.9 Å². The Hall–Kier alpha value is -1.82. The number of aryl methyl sites for hydroxylation is 1. The lowest BCUT2D eigenvalue weighted by Gasteiger charge is -2.34. The molecular weight excluding hydrogens is 346 g/mol. The molecule has 1 aromatic carbocycles. The SMILES string of the molecule is CCCCCC[C@]1(C#N)CC[C@H](C(=O)Oc2ccc(CCCCC)cc2)CC1. The Morgan fingerprint density at radius 3 is 2.29 bits per heavy atom. The van der Waals surface area contributed by atoms with Gasteiger partial charge in [-0.3, -0.25) is 4.79 Å². The minimum absolute atomic E-state index is 0.0682. The standard InChI is InChI=1S/C25H37NO2/c1-3-5-7-9-17-25(20-26)18-15-22(16-19-25)24(27)28-23-13-11-21(12-14-23)10-8-6-4-2/h11-14,22H,3-10,15-19H2,1-2H3/t22-,25-. The molecule has 0 saturated heterocycles. The average Bonchev–Trinajstić information content (AvgIpc) is 2.73. The molecule has 1 saturated carbocycles. The summed E-state index contributed by atoms with van der Waals surface area (Å²) in [6, 6.07) is 10.5. The second-order valence-electron chi connectivity index (χ2n) is 8.50. The van der Waals surface area contributed by atoms with Gasteiger partial charge >= 0.3 is 5.97 Å². The van der Waals surface area contributed by atoms with Crippen molar-refractivity contribution in [1.82, 2.24) is 0 Å². The maximum absolute atomic E-state index is 12.6. The van der Waals surface area contributed by atoms with Gasteiger partial charge in [-0.2, -0.15) is 5.26 Å². The maximum atomic E-state index is 12.6. The second kappa shape index (κ2) is 11.9. The molecule has 0 bridgehead atoms. The minimum Gasteiger partial charge on any atom is -0.426 e. The van der Waals surface area contributed by atoms with E-state index in [1.165, 1.54) is 44.1 Å². The van der Waals surface area contributed by atoms with Gasteiger partial charge in [0.25, 0.3) is 0 Å².